The molecule has 11 heteroatoms. The van der Waals surface area contributed by atoms with Gasteiger partial charge in [-0.25, -0.2) is 4.98 Å². The zero-order valence-electron chi connectivity index (χ0n) is 15.3. The van der Waals surface area contributed by atoms with Crippen molar-refractivity contribution < 1.29 is 14.1 Å². The fourth-order valence-electron chi connectivity index (χ4n) is 3.15. The molecule has 1 N–H and O–H groups in total. The van der Waals surface area contributed by atoms with Crippen LogP contribution in [-0.4, -0.2) is 60.0 Å². The van der Waals surface area contributed by atoms with Gasteiger partial charge >= 0.3 is 5.88 Å². The second-order valence-electron chi connectivity index (χ2n) is 6.59. The van der Waals surface area contributed by atoms with Gasteiger partial charge in [0.2, 0.25) is 0 Å². The Morgan fingerprint density at radius 1 is 1.28 bits per heavy atom. The molecule has 0 aliphatic carbocycles. The van der Waals surface area contributed by atoms with Crippen molar-refractivity contribution in [3.05, 3.63) is 51.2 Å². The normalized spacial score (nSPS) is 15.0. The van der Waals surface area contributed by atoms with Crippen molar-refractivity contribution in [1.29, 1.82) is 0 Å². The first-order chi connectivity index (χ1) is 14.0. The minimum Gasteiger partial charge on any atom is -0.395 e. The number of carbonyl (C=O) groups excluding carboxylic acids is 1. The third kappa shape index (κ3) is 4.50. The van der Waals surface area contributed by atoms with Crippen molar-refractivity contribution in [2.75, 3.05) is 44.2 Å². The third-order valence-corrected chi connectivity index (χ3v) is 6.01. The molecule has 1 saturated heterocycles. The van der Waals surface area contributed by atoms with Crippen molar-refractivity contribution in [2.24, 2.45) is 0 Å². The second-order valence-corrected chi connectivity index (χ2v) is 8.03. The van der Waals surface area contributed by atoms with Gasteiger partial charge in [-0.15, -0.1) is 0 Å². The fraction of sp³-hybridized carbons (Fsp3) is 0.333. The van der Waals surface area contributed by atoms with Crippen LogP contribution in [0.15, 0.2) is 34.7 Å². The SMILES string of the molecule is O=C(NCCN1CCN(c2nc3ccc(Cl)cc3s2)CC1)c1ccc([N+](=O)[O-])o1. The predicted octanol–water partition coefficient (Wildman–Crippen LogP) is 3.00. The molecule has 1 aliphatic heterocycles. The number of piperazine rings is 1. The minimum atomic E-state index is -0.670. The molecule has 4 rings (SSSR count). The number of anilines is 1. The number of nitrogens with zero attached hydrogens (tertiary/aromatic N) is 4. The van der Waals surface area contributed by atoms with Crippen LogP contribution in [0, 0.1) is 10.1 Å². The number of rotatable bonds is 6. The highest BCUT2D eigenvalue weighted by molar-refractivity contribution is 7.22. The Morgan fingerprint density at radius 3 is 2.79 bits per heavy atom. The van der Waals surface area contributed by atoms with Crippen LogP contribution >= 0.6 is 22.9 Å². The van der Waals surface area contributed by atoms with Gasteiger partial charge in [-0.05, 0) is 24.3 Å². The summed E-state index contributed by atoms with van der Waals surface area (Å²) >= 11 is 7.69. The van der Waals surface area contributed by atoms with E-state index in [2.05, 4.69) is 20.1 Å². The van der Waals surface area contributed by atoms with E-state index in [1.165, 1.54) is 12.1 Å². The number of furan rings is 1. The number of carbonyl (C=O) groups is 1. The number of benzene rings is 1. The lowest BCUT2D eigenvalue weighted by molar-refractivity contribution is -0.402. The molecular weight excluding hydrogens is 418 g/mol. The smallest absolute Gasteiger partial charge is 0.395 e. The molecule has 0 atom stereocenters. The summed E-state index contributed by atoms with van der Waals surface area (Å²) < 4.78 is 5.98. The van der Waals surface area contributed by atoms with E-state index in [-0.39, 0.29) is 5.76 Å². The predicted molar refractivity (Wildman–Crippen MR) is 111 cm³/mol. The second kappa shape index (κ2) is 8.36. The molecule has 9 nitrogen and oxygen atoms in total. The summed E-state index contributed by atoms with van der Waals surface area (Å²) in [6.45, 7) is 4.56. The topological polar surface area (TPSA) is 105 Å². The average molecular weight is 436 g/mol. The highest BCUT2D eigenvalue weighted by atomic mass is 35.5. The van der Waals surface area contributed by atoms with Crippen molar-refractivity contribution in [2.45, 2.75) is 0 Å². The Balaban J connectivity index is 1.24. The van der Waals surface area contributed by atoms with Crippen LogP contribution in [0.25, 0.3) is 10.2 Å². The summed E-state index contributed by atoms with van der Waals surface area (Å²) in [6.07, 6.45) is 0. The van der Waals surface area contributed by atoms with E-state index >= 15 is 0 Å². The number of nitrogens with one attached hydrogen (secondary N) is 1. The van der Waals surface area contributed by atoms with E-state index in [9.17, 15) is 14.9 Å². The lowest BCUT2D eigenvalue weighted by atomic mass is 10.3. The van der Waals surface area contributed by atoms with Crippen LogP contribution < -0.4 is 10.2 Å². The third-order valence-electron chi connectivity index (χ3n) is 4.69. The summed E-state index contributed by atoms with van der Waals surface area (Å²) in [6, 6.07) is 8.19. The molecular formula is C18H18ClN5O4S. The van der Waals surface area contributed by atoms with Crippen LogP contribution in [-0.2, 0) is 0 Å². The molecule has 1 amide bonds. The van der Waals surface area contributed by atoms with Gasteiger partial charge in [-0.1, -0.05) is 22.9 Å². The summed E-state index contributed by atoms with van der Waals surface area (Å²) in [5.74, 6) is -0.953. The maximum absolute atomic E-state index is 12.0. The Morgan fingerprint density at radius 2 is 2.07 bits per heavy atom. The molecule has 3 heterocycles. The Labute approximate surface area is 175 Å². The number of hydrogen-bond acceptors (Lipinski definition) is 8. The molecule has 0 unspecified atom stereocenters. The van der Waals surface area contributed by atoms with E-state index in [1.807, 2.05) is 18.2 Å². The fourth-order valence-corrected chi connectivity index (χ4v) is 4.44. The molecule has 1 fully saturated rings. The van der Waals surface area contributed by atoms with Gasteiger partial charge in [0, 0.05) is 44.3 Å². The molecule has 1 aromatic carbocycles. The lowest BCUT2D eigenvalue weighted by Crippen LogP contribution is -2.48. The van der Waals surface area contributed by atoms with Gasteiger partial charge in [0.05, 0.1) is 16.3 Å². The number of thiazole rings is 1. The van der Waals surface area contributed by atoms with Crippen LogP contribution in [0.2, 0.25) is 5.02 Å². The van der Waals surface area contributed by atoms with Gasteiger partial charge in [0.1, 0.15) is 4.92 Å². The van der Waals surface area contributed by atoms with E-state index in [4.69, 9.17) is 16.0 Å². The maximum atomic E-state index is 12.0. The average Bonchev–Trinajstić information content (AvgIpc) is 3.35. The standard InChI is InChI=1S/C18H18ClN5O4S/c19-12-1-2-13-15(11-12)29-18(21-13)23-9-7-22(8-10-23)6-5-20-17(25)14-3-4-16(28-14)24(26)27/h1-4,11H,5-10H2,(H,20,25). The number of fused-ring (bicyclic) bond motifs is 1. The molecule has 2 aromatic heterocycles. The lowest BCUT2D eigenvalue weighted by Gasteiger charge is -2.34. The molecule has 3 aromatic rings. The van der Waals surface area contributed by atoms with Gasteiger partial charge in [0.15, 0.2) is 10.9 Å². The first-order valence-corrected chi connectivity index (χ1v) is 10.2. The van der Waals surface area contributed by atoms with E-state index in [0.717, 1.165) is 41.5 Å². The quantitative estimate of drug-likeness (QED) is 0.468. The van der Waals surface area contributed by atoms with Gasteiger partial charge in [-0.3, -0.25) is 19.8 Å². The van der Waals surface area contributed by atoms with E-state index < -0.39 is 16.7 Å². The molecule has 0 bridgehead atoms. The zero-order chi connectivity index (χ0) is 20.4. The molecule has 0 spiro atoms. The van der Waals surface area contributed by atoms with Gasteiger partial charge in [-0.2, -0.15) is 0 Å². The zero-order valence-corrected chi connectivity index (χ0v) is 16.9. The summed E-state index contributed by atoms with van der Waals surface area (Å²) in [5, 5.41) is 15.0. The van der Waals surface area contributed by atoms with Gasteiger partial charge < -0.3 is 14.6 Å². The molecule has 0 saturated carbocycles. The minimum absolute atomic E-state index is 0.0579. The monoisotopic (exact) mass is 435 g/mol. The van der Waals surface area contributed by atoms with Gasteiger partial charge in [0.25, 0.3) is 5.91 Å². The van der Waals surface area contributed by atoms with Crippen molar-refractivity contribution in [1.82, 2.24) is 15.2 Å². The van der Waals surface area contributed by atoms with Crippen LogP contribution in [0.3, 0.4) is 0 Å². The van der Waals surface area contributed by atoms with Crippen LogP contribution in [0.4, 0.5) is 11.0 Å². The summed E-state index contributed by atoms with van der Waals surface area (Å²) in [5.41, 5.74) is 0.956. The molecule has 0 radical (unpaired) electrons. The highest BCUT2D eigenvalue weighted by Crippen LogP contribution is 2.31. The maximum Gasteiger partial charge on any atom is 0.433 e. The highest BCUT2D eigenvalue weighted by Gasteiger charge is 2.21. The Hall–Kier alpha value is -2.69. The molecule has 152 valence electrons. The number of nitro groups is 1. The van der Waals surface area contributed by atoms with E-state index in [1.54, 1.807) is 11.3 Å². The van der Waals surface area contributed by atoms with Crippen LogP contribution in [0.1, 0.15) is 10.6 Å². The number of halogens is 1. The van der Waals surface area contributed by atoms with E-state index in [0.29, 0.717) is 18.1 Å². The summed E-state index contributed by atoms with van der Waals surface area (Å²) in [4.78, 5) is 31.1. The summed E-state index contributed by atoms with van der Waals surface area (Å²) in [7, 11) is 0. The number of hydrogen-bond donors (Lipinski definition) is 1. The van der Waals surface area contributed by atoms with Crippen molar-refractivity contribution >= 4 is 50.1 Å². The number of amides is 1. The first-order valence-electron chi connectivity index (χ1n) is 9.05. The Bertz CT molecular complexity index is 1040. The molecule has 1 aliphatic rings. The molecule has 29 heavy (non-hydrogen) atoms. The van der Waals surface area contributed by atoms with Crippen LogP contribution in [0.5, 0.6) is 0 Å². The first kappa shape index (κ1) is 19.6. The number of aromatic nitrogens is 1. The van der Waals surface area contributed by atoms with Crippen molar-refractivity contribution in [3.63, 3.8) is 0 Å². The largest absolute Gasteiger partial charge is 0.433 e. The Kier molecular flexibility index (Phi) is 5.65. The van der Waals surface area contributed by atoms with Crippen molar-refractivity contribution in [3.8, 4) is 0 Å².